The van der Waals surface area contributed by atoms with Gasteiger partial charge in [-0.1, -0.05) is 64.4 Å². The van der Waals surface area contributed by atoms with Gasteiger partial charge in [0.15, 0.2) is 23.7 Å². The average molecular weight is 675 g/mol. The van der Waals surface area contributed by atoms with Gasteiger partial charge >= 0.3 is 0 Å². The van der Waals surface area contributed by atoms with Gasteiger partial charge in [-0.25, -0.2) is 14.1 Å². The summed E-state index contributed by atoms with van der Waals surface area (Å²) in [6, 6.07) is 7.55. The number of nitrogens with one attached hydrogen (secondary N) is 2. The van der Waals surface area contributed by atoms with Gasteiger partial charge in [-0.15, -0.1) is 0 Å². The predicted molar refractivity (Wildman–Crippen MR) is 188 cm³/mol. The van der Waals surface area contributed by atoms with Gasteiger partial charge in [0.25, 0.3) is 0 Å². The van der Waals surface area contributed by atoms with Crippen LogP contribution < -0.4 is 15.2 Å². The van der Waals surface area contributed by atoms with E-state index < -0.39 is 18.3 Å². The van der Waals surface area contributed by atoms with Crippen molar-refractivity contribution in [1.82, 2.24) is 19.5 Å². The molecule has 0 bridgehead atoms. The second-order valence-corrected chi connectivity index (χ2v) is 9.95. The number of aliphatic imine (C=N–C) groups is 1. The topological polar surface area (TPSA) is 120 Å². The summed E-state index contributed by atoms with van der Waals surface area (Å²) in [4.78, 5) is 24.5. The first-order valence-electron chi connectivity index (χ1n) is 15.2. The van der Waals surface area contributed by atoms with Crippen molar-refractivity contribution >= 4 is 41.7 Å². The van der Waals surface area contributed by atoms with E-state index in [1.54, 1.807) is 24.3 Å². The first-order valence-corrected chi connectivity index (χ1v) is 16.2. The average Bonchev–Trinajstić information content (AvgIpc) is 3.71. The number of hydrogen-bond donors (Lipinski definition) is 3. The van der Waals surface area contributed by atoms with Gasteiger partial charge in [0.2, 0.25) is 5.78 Å². The minimum atomic E-state index is -0.528. The number of benzene rings is 1. The Balaban J connectivity index is 0.00000265. The van der Waals surface area contributed by atoms with Crippen molar-refractivity contribution in [3.8, 4) is 5.75 Å². The van der Waals surface area contributed by atoms with Gasteiger partial charge in [0.1, 0.15) is 5.82 Å². The largest absolute Gasteiger partial charge is 0.443 e. The van der Waals surface area contributed by atoms with Crippen LogP contribution in [0.5, 0.6) is 5.75 Å². The molecule has 1 aromatic carbocycles. The molecule has 3 rings (SSSR count). The molecule has 2 heterocycles. The predicted octanol–water partition coefficient (Wildman–Crippen LogP) is 8.66. The van der Waals surface area contributed by atoms with Crippen molar-refractivity contribution in [2.75, 3.05) is 24.7 Å². The van der Waals surface area contributed by atoms with E-state index in [9.17, 15) is 18.1 Å². The first kappa shape index (κ1) is 40.5. The number of hydrogen-bond acceptors (Lipinski definition) is 8. The fraction of sp³-hybridized carbons (Fsp3) is 0.324. The molecule has 0 aliphatic rings. The normalized spacial score (nSPS) is 11.8. The highest BCUT2D eigenvalue weighted by Gasteiger charge is 2.21. The van der Waals surface area contributed by atoms with E-state index in [1.165, 1.54) is 47.2 Å². The smallest absolute Gasteiger partial charge is 0.214 e. The first-order chi connectivity index (χ1) is 22.8. The number of nitrogens with zero attached hydrogens (tertiary/aromatic N) is 3. The van der Waals surface area contributed by atoms with E-state index in [0.29, 0.717) is 29.1 Å². The molecule has 0 saturated carbocycles. The maximum Gasteiger partial charge on any atom is 0.214 e. The Labute approximate surface area is 279 Å². The third-order valence-electron chi connectivity index (χ3n) is 6.15. The standard InChI is InChI=1S/C30H33F3N6O3S.2C2H6/c1-4-20(3)27(18-35-19-41-28-10-7-6-9-24(28)32)39-30(34)23(17-36-39)29(40)26-15-21(25(5-2)38-26)11-12-22(42-33)16-37-43-14-8-13-31;2*1-2/h4-7,9-10,12,15,17-19,37-38H,2,8,11,13-14,16,34H2,1,3H3;2*1-2H3/b20-4-,22-12+,27-18+,35-19?;;. The van der Waals surface area contributed by atoms with E-state index in [0.717, 1.165) is 12.0 Å². The molecule has 0 atom stereocenters. The Kier molecular flexibility index (Phi) is 19.8. The molecule has 256 valence electrons. The zero-order valence-electron chi connectivity index (χ0n) is 27.8. The third-order valence-corrected chi connectivity index (χ3v) is 6.99. The van der Waals surface area contributed by atoms with E-state index >= 15 is 0 Å². The summed E-state index contributed by atoms with van der Waals surface area (Å²) in [7, 11) is 0. The van der Waals surface area contributed by atoms with Crippen LogP contribution in [0.1, 0.15) is 75.3 Å². The number of rotatable bonds is 17. The van der Waals surface area contributed by atoms with E-state index in [4.69, 9.17) is 10.5 Å². The lowest BCUT2D eigenvalue weighted by Crippen LogP contribution is -2.10. The number of anilines is 1. The number of nitrogen functional groups attached to an aromatic ring is 1. The molecule has 2 aromatic heterocycles. The highest BCUT2D eigenvalue weighted by molar-refractivity contribution is 7.97. The molecule has 3 aromatic rings. The van der Waals surface area contributed by atoms with Gasteiger partial charge in [-0.2, -0.15) is 5.10 Å². The Bertz CT molecular complexity index is 1530. The van der Waals surface area contributed by atoms with Crippen molar-refractivity contribution in [2.24, 2.45) is 4.99 Å². The quantitative estimate of drug-likeness (QED) is 0.0249. The number of aromatic nitrogens is 3. The maximum absolute atomic E-state index is 13.8. The molecular weight excluding hydrogens is 629 g/mol. The van der Waals surface area contributed by atoms with Crippen molar-refractivity contribution in [3.05, 3.63) is 101 Å². The number of allylic oxidation sites excluding steroid dienone is 4. The van der Waals surface area contributed by atoms with Crippen molar-refractivity contribution in [2.45, 2.75) is 54.4 Å². The Hall–Kier alpha value is -4.49. The Morgan fingerprint density at radius 1 is 1.26 bits per heavy atom. The second-order valence-electron chi connectivity index (χ2n) is 8.96. The third kappa shape index (κ3) is 12.3. The molecule has 0 aliphatic carbocycles. The van der Waals surface area contributed by atoms with Crippen LogP contribution in [0.3, 0.4) is 0 Å². The van der Waals surface area contributed by atoms with Gasteiger partial charge in [-0.05, 0) is 68.2 Å². The number of aromatic amines is 1. The van der Waals surface area contributed by atoms with Gasteiger partial charge < -0.3 is 15.5 Å². The van der Waals surface area contributed by atoms with Gasteiger partial charge in [0.05, 0.1) is 42.6 Å². The summed E-state index contributed by atoms with van der Waals surface area (Å²) in [5.74, 6) is -0.267. The molecule has 9 nitrogen and oxygen atoms in total. The fourth-order valence-electron chi connectivity index (χ4n) is 3.73. The van der Waals surface area contributed by atoms with E-state index in [-0.39, 0.29) is 41.5 Å². The number of carbonyl (C=O) groups is 1. The summed E-state index contributed by atoms with van der Waals surface area (Å²) in [6.07, 6.45) is 9.40. The minimum absolute atomic E-state index is 0.0180. The number of nitrogens with two attached hydrogens (primary N) is 1. The number of para-hydroxylation sites is 1. The highest BCUT2D eigenvalue weighted by Crippen LogP contribution is 2.25. The molecule has 0 aliphatic heterocycles. The molecule has 13 heteroatoms. The van der Waals surface area contributed by atoms with Crippen molar-refractivity contribution in [1.29, 1.82) is 0 Å². The van der Waals surface area contributed by atoms with E-state index in [1.807, 2.05) is 47.6 Å². The van der Waals surface area contributed by atoms with Crippen molar-refractivity contribution < 1.29 is 27.8 Å². The number of halogens is 3. The van der Waals surface area contributed by atoms with Crippen molar-refractivity contribution in [3.63, 3.8) is 0 Å². The van der Waals surface area contributed by atoms with Crippen LogP contribution in [0.15, 0.2) is 77.8 Å². The summed E-state index contributed by atoms with van der Waals surface area (Å²) in [5, 5.41) is 4.31. The number of ether oxygens (including phenoxy) is 1. The maximum atomic E-state index is 13.8. The summed E-state index contributed by atoms with van der Waals surface area (Å²) in [6.45, 7) is 15.1. The zero-order chi connectivity index (χ0) is 35.2. The lowest BCUT2D eigenvalue weighted by atomic mass is 10.1. The zero-order valence-corrected chi connectivity index (χ0v) is 28.6. The molecule has 0 amide bonds. The van der Waals surface area contributed by atoms with E-state index in [2.05, 4.69) is 31.3 Å². The molecule has 4 N–H and O–H groups in total. The number of ketones is 1. The summed E-state index contributed by atoms with van der Waals surface area (Å²) < 4.78 is 48.6. The SMILES string of the molecule is C=Cc1[nH]c(C(=O)c2cnn(C(=C/N=COc3ccccc3F)/C(C)=C\C)c2N)cc1C/C=C(\CNSCCCF)OF.CC.CC. The Morgan fingerprint density at radius 2 is 1.98 bits per heavy atom. The van der Waals surface area contributed by atoms with Gasteiger partial charge in [-0.3, -0.25) is 18.8 Å². The lowest BCUT2D eigenvalue weighted by Gasteiger charge is -2.09. The molecule has 0 unspecified atom stereocenters. The molecule has 0 radical (unpaired) electrons. The minimum Gasteiger partial charge on any atom is -0.443 e. The molecular formula is C34H45F3N6O3S. The second kappa shape index (κ2) is 22.9. The fourth-order valence-corrected chi connectivity index (χ4v) is 4.37. The number of alkyl halides is 1. The number of H-pyrrole nitrogens is 1. The van der Waals surface area contributed by atoms with Crippen LogP contribution in [0.25, 0.3) is 11.8 Å². The summed E-state index contributed by atoms with van der Waals surface area (Å²) in [5.41, 5.74) is 9.21. The van der Waals surface area contributed by atoms with Crippen LogP contribution in [-0.2, 0) is 11.4 Å². The molecule has 47 heavy (non-hydrogen) atoms. The molecule has 0 spiro atoms. The van der Waals surface area contributed by atoms with Crippen LogP contribution in [0, 0.1) is 5.82 Å². The van der Waals surface area contributed by atoms with Gasteiger partial charge in [0, 0.05) is 16.0 Å². The highest BCUT2D eigenvalue weighted by atomic mass is 32.2. The molecule has 0 saturated heterocycles. The summed E-state index contributed by atoms with van der Waals surface area (Å²) >= 11 is 1.27. The Morgan fingerprint density at radius 3 is 2.62 bits per heavy atom. The van der Waals surface area contributed by atoms with Crippen LogP contribution in [0.2, 0.25) is 0 Å². The number of carbonyl (C=O) groups excluding carboxylic acids is 1. The van der Waals surface area contributed by atoms with Crippen LogP contribution >= 0.6 is 11.9 Å². The monoisotopic (exact) mass is 674 g/mol. The molecule has 0 fully saturated rings. The van der Waals surface area contributed by atoms with Crippen LogP contribution in [0.4, 0.5) is 19.1 Å². The lowest BCUT2D eigenvalue weighted by molar-refractivity contribution is -0.0845. The van der Waals surface area contributed by atoms with Crippen LogP contribution in [-0.4, -0.2) is 45.9 Å².